The van der Waals surface area contributed by atoms with E-state index in [0.717, 1.165) is 17.3 Å². The molecule has 1 aliphatic carbocycles. The topological polar surface area (TPSA) is 27.1 Å². The Morgan fingerprint density at radius 2 is 2.11 bits per heavy atom. The molecule has 2 aromatic rings. The van der Waals surface area contributed by atoms with Gasteiger partial charge >= 0.3 is 0 Å². The van der Waals surface area contributed by atoms with Gasteiger partial charge in [-0.15, -0.1) is 0 Å². The van der Waals surface area contributed by atoms with Crippen LogP contribution in [0.1, 0.15) is 24.4 Å². The summed E-state index contributed by atoms with van der Waals surface area (Å²) in [6.07, 6.45) is 6.40. The smallest absolute Gasteiger partial charge is 0.0804 e. The molecule has 1 saturated carbocycles. The monoisotopic (exact) mass is 306 g/mol. The number of nitrogens with zero attached hydrogens (tertiary/aromatic N) is 2. The maximum Gasteiger partial charge on any atom is 0.0804 e. The molecule has 18 heavy (non-hydrogen) atoms. The molecule has 0 saturated heterocycles. The molecule has 1 aromatic heterocycles. The number of hydrogen-bond acceptors (Lipinski definition) is 2. The second kappa shape index (κ2) is 5.24. The molecule has 1 fully saturated rings. The van der Waals surface area contributed by atoms with E-state index in [1.807, 2.05) is 35.3 Å². The molecule has 0 amide bonds. The van der Waals surface area contributed by atoms with E-state index in [1.54, 1.807) is 0 Å². The molecule has 0 radical (unpaired) electrons. The highest BCUT2D eigenvalue weighted by molar-refractivity contribution is 9.10. The molecule has 2 atom stereocenters. The molecule has 4 heteroatoms. The van der Waals surface area contributed by atoms with E-state index in [1.165, 1.54) is 5.56 Å². The zero-order valence-corrected chi connectivity index (χ0v) is 11.6. The van der Waals surface area contributed by atoms with Gasteiger partial charge in [0, 0.05) is 6.20 Å². The average Bonchev–Trinajstić information content (AvgIpc) is 2.76. The molecule has 0 bridgehead atoms. The van der Waals surface area contributed by atoms with Gasteiger partial charge in [0.2, 0.25) is 0 Å². The molecule has 94 valence electrons. The predicted molar refractivity (Wildman–Crippen MR) is 73.2 cm³/mol. The standard InChI is InChI=1S/C14H15BrN2O/c15-12-8-16-17(9-12)13-6-7-14(13)18-10-11-4-2-1-3-5-11/h1-5,8-9,13-14H,6-7,10H2/t13-,14-/m1/s1. The van der Waals surface area contributed by atoms with Crippen molar-refractivity contribution >= 4 is 15.9 Å². The van der Waals surface area contributed by atoms with Crippen LogP contribution in [0.2, 0.25) is 0 Å². The van der Waals surface area contributed by atoms with Gasteiger partial charge in [-0.3, -0.25) is 4.68 Å². The number of rotatable bonds is 4. The Morgan fingerprint density at radius 3 is 2.72 bits per heavy atom. The molecule has 0 N–H and O–H groups in total. The van der Waals surface area contributed by atoms with E-state index in [2.05, 4.69) is 33.2 Å². The quantitative estimate of drug-likeness (QED) is 0.863. The maximum absolute atomic E-state index is 5.96. The molecular weight excluding hydrogens is 292 g/mol. The number of benzene rings is 1. The molecule has 3 nitrogen and oxygen atoms in total. The normalized spacial score (nSPS) is 22.7. The number of halogens is 1. The van der Waals surface area contributed by atoms with Gasteiger partial charge in [0.1, 0.15) is 0 Å². The van der Waals surface area contributed by atoms with Gasteiger partial charge in [0.25, 0.3) is 0 Å². The lowest BCUT2D eigenvalue weighted by atomic mass is 9.89. The van der Waals surface area contributed by atoms with Crippen LogP contribution in [-0.2, 0) is 11.3 Å². The summed E-state index contributed by atoms with van der Waals surface area (Å²) in [7, 11) is 0. The van der Waals surface area contributed by atoms with Crippen LogP contribution in [0, 0.1) is 0 Å². The first-order valence-electron chi connectivity index (χ1n) is 6.18. The van der Waals surface area contributed by atoms with E-state index in [9.17, 15) is 0 Å². The zero-order chi connectivity index (χ0) is 12.4. The summed E-state index contributed by atoms with van der Waals surface area (Å²) in [4.78, 5) is 0. The van der Waals surface area contributed by atoms with Gasteiger partial charge in [-0.2, -0.15) is 5.10 Å². The van der Waals surface area contributed by atoms with Gasteiger partial charge in [-0.05, 0) is 34.3 Å². The Balaban J connectivity index is 1.58. The van der Waals surface area contributed by atoms with Crippen LogP contribution in [0.5, 0.6) is 0 Å². The lowest BCUT2D eigenvalue weighted by molar-refractivity contribution is -0.0530. The third-order valence-electron chi connectivity index (χ3n) is 3.39. The molecule has 1 aromatic carbocycles. The number of ether oxygens (including phenoxy) is 1. The van der Waals surface area contributed by atoms with Crippen molar-refractivity contribution in [2.75, 3.05) is 0 Å². The largest absolute Gasteiger partial charge is 0.371 e. The summed E-state index contributed by atoms with van der Waals surface area (Å²) in [6, 6.07) is 10.7. The fourth-order valence-electron chi connectivity index (χ4n) is 2.22. The highest BCUT2D eigenvalue weighted by atomic mass is 79.9. The number of hydrogen-bond donors (Lipinski definition) is 0. The highest BCUT2D eigenvalue weighted by Gasteiger charge is 2.33. The van der Waals surface area contributed by atoms with E-state index >= 15 is 0 Å². The van der Waals surface area contributed by atoms with E-state index in [0.29, 0.717) is 12.6 Å². The van der Waals surface area contributed by atoms with Crippen LogP contribution < -0.4 is 0 Å². The second-order valence-corrected chi connectivity index (χ2v) is 5.53. The Labute approximate surface area is 115 Å². The molecule has 0 aliphatic heterocycles. The molecule has 3 rings (SSSR count). The molecular formula is C14H15BrN2O. The fourth-order valence-corrected chi connectivity index (χ4v) is 2.52. The van der Waals surface area contributed by atoms with Gasteiger partial charge in [-0.1, -0.05) is 30.3 Å². The molecule has 1 aliphatic rings. The predicted octanol–water partition coefficient (Wildman–Crippen LogP) is 3.57. The lowest BCUT2D eigenvalue weighted by Crippen LogP contribution is -2.36. The Kier molecular flexibility index (Phi) is 3.48. The summed E-state index contributed by atoms with van der Waals surface area (Å²) in [5.74, 6) is 0. The first-order valence-corrected chi connectivity index (χ1v) is 6.97. The lowest BCUT2D eigenvalue weighted by Gasteiger charge is -2.36. The average molecular weight is 307 g/mol. The first kappa shape index (κ1) is 11.9. The minimum Gasteiger partial charge on any atom is -0.371 e. The Morgan fingerprint density at radius 1 is 1.28 bits per heavy atom. The van der Waals surface area contributed by atoms with E-state index < -0.39 is 0 Å². The van der Waals surface area contributed by atoms with Crippen LogP contribution in [0.15, 0.2) is 47.2 Å². The van der Waals surface area contributed by atoms with Gasteiger partial charge < -0.3 is 4.74 Å². The van der Waals surface area contributed by atoms with Crippen LogP contribution in [-0.4, -0.2) is 15.9 Å². The minimum atomic E-state index is 0.289. The first-order chi connectivity index (χ1) is 8.83. The Bertz CT molecular complexity index is 512. The van der Waals surface area contributed by atoms with Gasteiger partial charge in [0.05, 0.1) is 29.4 Å². The third kappa shape index (κ3) is 2.49. The fraction of sp³-hybridized carbons (Fsp3) is 0.357. The summed E-state index contributed by atoms with van der Waals surface area (Å²) >= 11 is 3.43. The van der Waals surface area contributed by atoms with Crippen LogP contribution in [0.25, 0.3) is 0 Å². The van der Waals surface area contributed by atoms with E-state index in [4.69, 9.17) is 4.74 Å². The maximum atomic E-state index is 5.96. The van der Waals surface area contributed by atoms with Crippen molar-refractivity contribution in [3.05, 3.63) is 52.8 Å². The number of aromatic nitrogens is 2. The van der Waals surface area contributed by atoms with Crippen molar-refractivity contribution in [1.29, 1.82) is 0 Å². The van der Waals surface area contributed by atoms with Gasteiger partial charge in [-0.25, -0.2) is 0 Å². The van der Waals surface area contributed by atoms with Crippen molar-refractivity contribution in [2.24, 2.45) is 0 Å². The van der Waals surface area contributed by atoms with Crippen LogP contribution >= 0.6 is 15.9 Å². The third-order valence-corrected chi connectivity index (χ3v) is 3.80. The van der Waals surface area contributed by atoms with Crippen molar-refractivity contribution < 1.29 is 4.74 Å². The second-order valence-electron chi connectivity index (χ2n) is 4.62. The molecule has 0 unspecified atom stereocenters. The summed E-state index contributed by atoms with van der Waals surface area (Å²) in [6.45, 7) is 0.685. The van der Waals surface area contributed by atoms with Crippen molar-refractivity contribution in [2.45, 2.75) is 31.6 Å². The summed E-state index contributed by atoms with van der Waals surface area (Å²) in [5.41, 5.74) is 1.23. The van der Waals surface area contributed by atoms with E-state index in [-0.39, 0.29) is 6.10 Å². The zero-order valence-electron chi connectivity index (χ0n) is 10.00. The van der Waals surface area contributed by atoms with Crippen molar-refractivity contribution in [1.82, 2.24) is 9.78 Å². The van der Waals surface area contributed by atoms with Crippen molar-refractivity contribution in [3.8, 4) is 0 Å². The highest BCUT2D eigenvalue weighted by Crippen LogP contribution is 2.35. The Hall–Kier alpha value is -1.13. The summed E-state index contributed by atoms with van der Waals surface area (Å²) in [5, 5.41) is 4.33. The SMILES string of the molecule is Brc1cnn([C@@H]2CC[C@H]2OCc2ccccc2)c1. The minimum absolute atomic E-state index is 0.289. The molecule has 1 heterocycles. The summed E-state index contributed by atoms with van der Waals surface area (Å²) < 4.78 is 8.99. The van der Waals surface area contributed by atoms with Gasteiger partial charge in [0.15, 0.2) is 0 Å². The van der Waals surface area contributed by atoms with Crippen LogP contribution in [0.3, 0.4) is 0 Å². The molecule has 0 spiro atoms. The van der Waals surface area contributed by atoms with Crippen molar-refractivity contribution in [3.63, 3.8) is 0 Å². The van der Waals surface area contributed by atoms with Crippen LogP contribution in [0.4, 0.5) is 0 Å².